The maximum Gasteiger partial charge on any atom is 0.165 e. The molecule has 1 heterocycles. The number of hydrogen-bond donors (Lipinski definition) is 1. The first-order valence-electron chi connectivity index (χ1n) is 6.65. The van der Waals surface area contributed by atoms with Gasteiger partial charge in [0.25, 0.3) is 0 Å². The average molecular weight is 237 g/mol. The van der Waals surface area contributed by atoms with Gasteiger partial charge in [0.1, 0.15) is 0 Å². The van der Waals surface area contributed by atoms with Gasteiger partial charge in [0.05, 0.1) is 6.54 Å². The average Bonchev–Trinajstić information content (AvgIpc) is 2.87. The molecule has 1 aromatic heterocycles. The zero-order chi connectivity index (χ0) is 12.3. The predicted molar refractivity (Wildman–Crippen MR) is 66.3 cm³/mol. The highest BCUT2D eigenvalue weighted by molar-refractivity contribution is 4.83. The van der Waals surface area contributed by atoms with E-state index in [1.807, 2.05) is 4.68 Å². The van der Waals surface area contributed by atoms with Crippen molar-refractivity contribution in [1.29, 1.82) is 0 Å². The molecule has 0 amide bonds. The molecular weight excluding hydrogens is 214 g/mol. The maximum atomic E-state index is 4.11. The van der Waals surface area contributed by atoms with Crippen LogP contribution in [0.2, 0.25) is 0 Å². The molecule has 1 aromatic rings. The fraction of sp³-hybridized carbons (Fsp3) is 0.917. The van der Waals surface area contributed by atoms with Gasteiger partial charge in [0.15, 0.2) is 5.82 Å². The Bertz CT molecular complexity index is 346. The van der Waals surface area contributed by atoms with Crippen molar-refractivity contribution < 1.29 is 0 Å². The smallest absolute Gasteiger partial charge is 0.165 e. The van der Waals surface area contributed by atoms with Crippen LogP contribution >= 0.6 is 0 Å². The lowest BCUT2D eigenvalue weighted by atomic mass is 9.98. The molecule has 5 nitrogen and oxygen atoms in total. The Kier molecular flexibility index (Phi) is 4.10. The second-order valence-corrected chi connectivity index (χ2v) is 5.48. The van der Waals surface area contributed by atoms with Gasteiger partial charge >= 0.3 is 0 Å². The van der Waals surface area contributed by atoms with Crippen molar-refractivity contribution in [1.82, 2.24) is 25.5 Å². The molecule has 1 saturated carbocycles. The summed E-state index contributed by atoms with van der Waals surface area (Å²) in [6.07, 6.45) is 4.03. The third-order valence-electron chi connectivity index (χ3n) is 3.72. The van der Waals surface area contributed by atoms with Crippen LogP contribution in [0.4, 0.5) is 0 Å². The summed E-state index contributed by atoms with van der Waals surface area (Å²) in [6, 6.07) is 0.463. The van der Waals surface area contributed by atoms with E-state index in [-0.39, 0.29) is 0 Å². The number of rotatable bonds is 5. The van der Waals surface area contributed by atoms with Crippen molar-refractivity contribution in [3.63, 3.8) is 0 Å². The zero-order valence-corrected chi connectivity index (χ0v) is 11.1. The standard InChI is InChI=1S/C12H23N5/c1-9(2)13-7-12-14-15-16-17(12)8-11-6-4-5-10(11)3/h9-11,13H,4-8H2,1-3H3. The monoisotopic (exact) mass is 237 g/mol. The van der Waals surface area contributed by atoms with Gasteiger partial charge in [0.2, 0.25) is 0 Å². The molecule has 0 saturated heterocycles. The molecule has 1 aliphatic rings. The minimum absolute atomic E-state index is 0.463. The second kappa shape index (κ2) is 5.58. The summed E-state index contributed by atoms with van der Waals surface area (Å²) < 4.78 is 1.97. The molecule has 1 aliphatic carbocycles. The fourth-order valence-corrected chi connectivity index (χ4v) is 2.50. The van der Waals surface area contributed by atoms with Crippen LogP contribution in [0.25, 0.3) is 0 Å². The van der Waals surface area contributed by atoms with Crippen molar-refractivity contribution in [3.8, 4) is 0 Å². The minimum atomic E-state index is 0.463. The molecule has 0 spiro atoms. The van der Waals surface area contributed by atoms with Gasteiger partial charge in [-0.1, -0.05) is 33.6 Å². The molecule has 2 rings (SSSR count). The molecular formula is C12H23N5. The van der Waals surface area contributed by atoms with Gasteiger partial charge in [-0.15, -0.1) is 5.10 Å². The first-order chi connectivity index (χ1) is 8.16. The van der Waals surface area contributed by atoms with E-state index in [0.29, 0.717) is 6.04 Å². The number of aromatic nitrogens is 4. The van der Waals surface area contributed by atoms with E-state index >= 15 is 0 Å². The van der Waals surface area contributed by atoms with E-state index < -0.39 is 0 Å². The van der Waals surface area contributed by atoms with Crippen LogP contribution in [0.1, 0.15) is 45.9 Å². The minimum Gasteiger partial charge on any atom is -0.308 e. The van der Waals surface area contributed by atoms with Crippen molar-refractivity contribution in [3.05, 3.63) is 5.82 Å². The lowest BCUT2D eigenvalue weighted by molar-refractivity contribution is 0.336. The summed E-state index contributed by atoms with van der Waals surface area (Å²) in [5, 5.41) is 15.4. The van der Waals surface area contributed by atoms with E-state index in [0.717, 1.165) is 30.7 Å². The Hall–Kier alpha value is -0.970. The van der Waals surface area contributed by atoms with Crippen LogP contribution in [0.15, 0.2) is 0 Å². The molecule has 96 valence electrons. The third-order valence-corrected chi connectivity index (χ3v) is 3.72. The molecule has 5 heteroatoms. The first-order valence-corrected chi connectivity index (χ1v) is 6.65. The number of hydrogen-bond acceptors (Lipinski definition) is 4. The number of tetrazole rings is 1. The quantitative estimate of drug-likeness (QED) is 0.845. The van der Waals surface area contributed by atoms with E-state index in [1.165, 1.54) is 19.3 Å². The highest BCUT2D eigenvalue weighted by Gasteiger charge is 2.24. The second-order valence-electron chi connectivity index (χ2n) is 5.48. The van der Waals surface area contributed by atoms with Crippen molar-refractivity contribution in [2.75, 3.05) is 0 Å². The zero-order valence-electron chi connectivity index (χ0n) is 11.1. The normalized spacial score (nSPS) is 24.7. The van der Waals surface area contributed by atoms with E-state index in [4.69, 9.17) is 0 Å². The molecule has 1 N–H and O–H groups in total. The largest absolute Gasteiger partial charge is 0.308 e. The van der Waals surface area contributed by atoms with Crippen LogP contribution < -0.4 is 5.32 Å². The summed E-state index contributed by atoms with van der Waals surface area (Å²) in [7, 11) is 0. The number of nitrogens with one attached hydrogen (secondary N) is 1. The Morgan fingerprint density at radius 3 is 2.88 bits per heavy atom. The van der Waals surface area contributed by atoms with Crippen LogP contribution in [-0.4, -0.2) is 26.2 Å². The molecule has 0 aromatic carbocycles. The van der Waals surface area contributed by atoms with Gasteiger partial charge in [-0.25, -0.2) is 4.68 Å². The third kappa shape index (κ3) is 3.25. The number of nitrogens with zero attached hydrogens (tertiary/aromatic N) is 4. The fourth-order valence-electron chi connectivity index (χ4n) is 2.50. The van der Waals surface area contributed by atoms with Crippen LogP contribution in [0.3, 0.4) is 0 Å². The van der Waals surface area contributed by atoms with Gasteiger partial charge < -0.3 is 5.32 Å². The molecule has 0 bridgehead atoms. The van der Waals surface area contributed by atoms with E-state index in [9.17, 15) is 0 Å². The molecule has 2 unspecified atom stereocenters. The van der Waals surface area contributed by atoms with Crippen LogP contribution in [0.5, 0.6) is 0 Å². The molecule has 0 aliphatic heterocycles. The topological polar surface area (TPSA) is 55.6 Å². The maximum absolute atomic E-state index is 4.11. The lowest BCUT2D eigenvalue weighted by Gasteiger charge is -2.16. The predicted octanol–water partition coefficient (Wildman–Crippen LogP) is 1.61. The van der Waals surface area contributed by atoms with Crippen LogP contribution in [0, 0.1) is 11.8 Å². The summed E-state index contributed by atoms with van der Waals surface area (Å²) in [5.41, 5.74) is 0. The van der Waals surface area contributed by atoms with Crippen molar-refractivity contribution >= 4 is 0 Å². The van der Waals surface area contributed by atoms with E-state index in [2.05, 4.69) is 41.6 Å². The summed E-state index contributed by atoms with van der Waals surface area (Å²) in [5.74, 6) is 2.51. The lowest BCUT2D eigenvalue weighted by Crippen LogP contribution is -2.25. The summed E-state index contributed by atoms with van der Waals surface area (Å²) >= 11 is 0. The SMILES string of the molecule is CC(C)NCc1nnnn1CC1CCCC1C. The Balaban J connectivity index is 1.94. The molecule has 17 heavy (non-hydrogen) atoms. The molecule has 1 fully saturated rings. The Morgan fingerprint density at radius 1 is 1.41 bits per heavy atom. The van der Waals surface area contributed by atoms with Crippen molar-refractivity contribution in [2.45, 2.75) is 59.2 Å². The van der Waals surface area contributed by atoms with Gasteiger partial charge in [-0.05, 0) is 28.7 Å². The molecule has 2 atom stereocenters. The highest BCUT2D eigenvalue weighted by Crippen LogP contribution is 2.32. The Labute approximate surface area is 103 Å². The van der Waals surface area contributed by atoms with E-state index in [1.54, 1.807) is 0 Å². The summed E-state index contributed by atoms with van der Waals surface area (Å²) in [6.45, 7) is 8.34. The van der Waals surface area contributed by atoms with Gasteiger partial charge in [-0.2, -0.15) is 0 Å². The van der Waals surface area contributed by atoms with Crippen molar-refractivity contribution in [2.24, 2.45) is 11.8 Å². The van der Waals surface area contributed by atoms with Gasteiger partial charge in [-0.3, -0.25) is 0 Å². The Morgan fingerprint density at radius 2 is 2.24 bits per heavy atom. The van der Waals surface area contributed by atoms with Gasteiger partial charge in [0, 0.05) is 12.6 Å². The van der Waals surface area contributed by atoms with Crippen LogP contribution in [-0.2, 0) is 13.1 Å². The highest BCUT2D eigenvalue weighted by atomic mass is 15.5. The summed E-state index contributed by atoms with van der Waals surface area (Å²) in [4.78, 5) is 0. The first kappa shape index (κ1) is 12.5. The molecule has 0 radical (unpaired) electrons.